The van der Waals surface area contributed by atoms with Gasteiger partial charge in [0.2, 0.25) is 0 Å². The van der Waals surface area contributed by atoms with E-state index in [1.54, 1.807) is 50.6 Å². The van der Waals surface area contributed by atoms with E-state index in [4.69, 9.17) is 19.6 Å². The minimum absolute atomic E-state index is 0.184. The summed E-state index contributed by atoms with van der Waals surface area (Å²) in [6, 6.07) is 11.9. The molecule has 0 spiro atoms. The quantitative estimate of drug-likeness (QED) is 0.752. The van der Waals surface area contributed by atoms with E-state index in [1.807, 2.05) is 0 Å². The molecule has 0 atom stereocenters. The van der Waals surface area contributed by atoms with Gasteiger partial charge in [-0.2, -0.15) is 0 Å². The molecule has 0 saturated heterocycles. The van der Waals surface area contributed by atoms with Crippen LogP contribution in [0.4, 0.5) is 5.69 Å². The number of rotatable bonds is 3. The molecule has 0 unspecified atom stereocenters. The highest BCUT2D eigenvalue weighted by atomic mass is 16.5. The van der Waals surface area contributed by atoms with Crippen LogP contribution in [-0.4, -0.2) is 14.2 Å². The highest BCUT2D eigenvalue weighted by Gasteiger charge is 2.11. The highest BCUT2D eigenvalue weighted by molar-refractivity contribution is 5.89. The van der Waals surface area contributed by atoms with Gasteiger partial charge in [-0.05, 0) is 24.3 Å². The van der Waals surface area contributed by atoms with Crippen LogP contribution in [0, 0.1) is 0 Å². The molecule has 5 heteroatoms. The molecule has 2 aromatic carbocycles. The summed E-state index contributed by atoms with van der Waals surface area (Å²) in [7, 11) is 3.13. The Bertz CT molecular complexity index is 877. The van der Waals surface area contributed by atoms with Gasteiger partial charge in [-0.1, -0.05) is 6.07 Å². The molecule has 112 valence electrons. The summed E-state index contributed by atoms with van der Waals surface area (Å²) >= 11 is 0. The van der Waals surface area contributed by atoms with Gasteiger partial charge in [-0.15, -0.1) is 0 Å². The van der Waals surface area contributed by atoms with Crippen LogP contribution in [0.3, 0.4) is 0 Å². The molecule has 0 saturated carbocycles. The van der Waals surface area contributed by atoms with Crippen LogP contribution >= 0.6 is 0 Å². The third kappa shape index (κ3) is 2.37. The van der Waals surface area contributed by atoms with Gasteiger partial charge in [0, 0.05) is 23.4 Å². The first-order valence-corrected chi connectivity index (χ1v) is 6.68. The second-order valence-corrected chi connectivity index (χ2v) is 4.80. The third-order valence-corrected chi connectivity index (χ3v) is 3.42. The van der Waals surface area contributed by atoms with Gasteiger partial charge in [0.15, 0.2) is 5.43 Å². The molecular formula is C17H15NO4. The molecule has 0 aliphatic carbocycles. The molecule has 0 radical (unpaired) electrons. The fourth-order valence-electron chi connectivity index (χ4n) is 2.33. The first kappa shape index (κ1) is 14.0. The summed E-state index contributed by atoms with van der Waals surface area (Å²) < 4.78 is 16.3. The number of hydrogen-bond acceptors (Lipinski definition) is 5. The smallest absolute Gasteiger partial charge is 0.195 e. The lowest BCUT2D eigenvalue weighted by Crippen LogP contribution is -2.03. The second kappa shape index (κ2) is 5.44. The maximum absolute atomic E-state index is 12.3. The molecule has 5 nitrogen and oxygen atoms in total. The molecule has 0 aliphatic heterocycles. The largest absolute Gasteiger partial charge is 0.497 e. The fraction of sp³-hybridized carbons (Fsp3) is 0.118. The Morgan fingerprint density at radius 2 is 1.68 bits per heavy atom. The van der Waals surface area contributed by atoms with Crippen LogP contribution in [0.25, 0.3) is 22.3 Å². The van der Waals surface area contributed by atoms with Crippen LogP contribution in [-0.2, 0) is 0 Å². The van der Waals surface area contributed by atoms with Gasteiger partial charge in [0.25, 0.3) is 0 Å². The predicted octanol–water partition coefficient (Wildman–Crippen LogP) is 3.06. The van der Waals surface area contributed by atoms with Crippen molar-refractivity contribution in [2.45, 2.75) is 0 Å². The van der Waals surface area contributed by atoms with E-state index in [1.165, 1.54) is 6.07 Å². The summed E-state index contributed by atoms with van der Waals surface area (Å²) in [4.78, 5) is 12.3. The average Bonchev–Trinajstić information content (AvgIpc) is 2.54. The number of hydrogen-bond donors (Lipinski definition) is 1. The second-order valence-electron chi connectivity index (χ2n) is 4.80. The van der Waals surface area contributed by atoms with Gasteiger partial charge in [0.1, 0.15) is 22.8 Å². The Morgan fingerprint density at radius 3 is 2.32 bits per heavy atom. The first-order chi connectivity index (χ1) is 10.6. The summed E-state index contributed by atoms with van der Waals surface area (Å²) in [6.07, 6.45) is 0. The number of fused-ring (bicyclic) bond motifs is 1. The Balaban J connectivity index is 2.25. The molecule has 0 bridgehead atoms. The zero-order chi connectivity index (χ0) is 15.7. The number of anilines is 1. The highest BCUT2D eigenvalue weighted by Crippen LogP contribution is 2.31. The predicted molar refractivity (Wildman–Crippen MR) is 85.4 cm³/mol. The van der Waals surface area contributed by atoms with Crippen molar-refractivity contribution in [1.82, 2.24) is 0 Å². The lowest BCUT2D eigenvalue weighted by molar-refractivity contribution is 0.394. The van der Waals surface area contributed by atoms with E-state index in [0.717, 1.165) is 0 Å². The Labute approximate surface area is 126 Å². The van der Waals surface area contributed by atoms with Crippen molar-refractivity contribution in [3.05, 3.63) is 52.7 Å². The van der Waals surface area contributed by atoms with Crippen molar-refractivity contribution in [2.75, 3.05) is 20.0 Å². The van der Waals surface area contributed by atoms with E-state index in [9.17, 15) is 4.79 Å². The maximum atomic E-state index is 12.3. The number of methoxy groups -OCH3 is 2. The average molecular weight is 297 g/mol. The maximum Gasteiger partial charge on any atom is 0.195 e. The van der Waals surface area contributed by atoms with Crippen LogP contribution in [0.15, 0.2) is 51.7 Å². The Hall–Kier alpha value is -2.95. The van der Waals surface area contributed by atoms with E-state index in [-0.39, 0.29) is 5.43 Å². The Kier molecular flexibility index (Phi) is 3.47. The van der Waals surface area contributed by atoms with Crippen molar-refractivity contribution in [3.8, 4) is 22.8 Å². The molecule has 22 heavy (non-hydrogen) atoms. The van der Waals surface area contributed by atoms with Crippen molar-refractivity contribution in [3.63, 3.8) is 0 Å². The van der Waals surface area contributed by atoms with E-state index >= 15 is 0 Å². The minimum atomic E-state index is -0.184. The topological polar surface area (TPSA) is 74.7 Å². The minimum Gasteiger partial charge on any atom is -0.497 e. The summed E-state index contributed by atoms with van der Waals surface area (Å²) in [5.41, 5.74) is 7.20. The lowest BCUT2D eigenvalue weighted by atomic mass is 10.1. The van der Waals surface area contributed by atoms with E-state index in [2.05, 4.69) is 0 Å². The van der Waals surface area contributed by atoms with Crippen molar-refractivity contribution in [1.29, 1.82) is 0 Å². The molecule has 2 N–H and O–H groups in total. The lowest BCUT2D eigenvalue weighted by Gasteiger charge is -2.09. The normalized spacial score (nSPS) is 10.6. The molecule has 3 rings (SSSR count). The SMILES string of the molecule is COc1cc(OC)cc(-c2cc(=O)c3c(N)cccc3o2)c1. The molecule has 1 heterocycles. The molecule has 0 fully saturated rings. The number of ether oxygens (including phenoxy) is 2. The van der Waals surface area contributed by atoms with Crippen LogP contribution in [0.2, 0.25) is 0 Å². The molecular weight excluding hydrogens is 282 g/mol. The molecule has 1 aromatic heterocycles. The fourth-order valence-corrected chi connectivity index (χ4v) is 2.33. The van der Waals surface area contributed by atoms with Crippen molar-refractivity contribution in [2.24, 2.45) is 0 Å². The zero-order valence-electron chi connectivity index (χ0n) is 12.3. The molecule has 0 amide bonds. The van der Waals surface area contributed by atoms with Gasteiger partial charge in [0.05, 0.1) is 19.6 Å². The third-order valence-electron chi connectivity index (χ3n) is 3.42. The number of benzene rings is 2. The standard InChI is InChI=1S/C17H15NO4/c1-20-11-6-10(7-12(8-11)21-2)16-9-14(19)17-13(18)4-3-5-15(17)22-16/h3-9H,18H2,1-2H3. The summed E-state index contributed by atoms with van der Waals surface area (Å²) in [5.74, 6) is 1.66. The Morgan fingerprint density at radius 1 is 1.00 bits per heavy atom. The number of nitrogen functional groups attached to an aromatic ring is 1. The van der Waals surface area contributed by atoms with Crippen molar-refractivity contribution >= 4 is 16.7 Å². The van der Waals surface area contributed by atoms with Gasteiger partial charge < -0.3 is 19.6 Å². The van der Waals surface area contributed by atoms with Crippen molar-refractivity contribution < 1.29 is 13.9 Å². The van der Waals surface area contributed by atoms with Crippen LogP contribution in [0.1, 0.15) is 0 Å². The van der Waals surface area contributed by atoms with E-state index < -0.39 is 0 Å². The van der Waals surface area contributed by atoms with Gasteiger partial charge >= 0.3 is 0 Å². The number of nitrogens with two attached hydrogens (primary N) is 1. The monoisotopic (exact) mass is 297 g/mol. The van der Waals surface area contributed by atoms with Crippen LogP contribution in [0.5, 0.6) is 11.5 Å². The first-order valence-electron chi connectivity index (χ1n) is 6.68. The molecule has 3 aromatic rings. The van der Waals surface area contributed by atoms with Gasteiger partial charge in [-0.25, -0.2) is 0 Å². The molecule has 0 aliphatic rings. The van der Waals surface area contributed by atoms with E-state index in [0.29, 0.717) is 39.5 Å². The summed E-state index contributed by atoms with van der Waals surface area (Å²) in [6.45, 7) is 0. The van der Waals surface area contributed by atoms with Gasteiger partial charge in [-0.3, -0.25) is 4.79 Å². The summed E-state index contributed by atoms with van der Waals surface area (Å²) in [5, 5.41) is 0.390. The van der Waals surface area contributed by atoms with Crippen LogP contribution < -0.4 is 20.6 Å². The zero-order valence-corrected chi connectivity index (χ0v) is 12.3.